The van der Waals surface area contributed by atoms with E-state index >= 15 is 0 Å². The fraction of sp³-hybridized carbons (Fsp3) is 0.133. The molecule has 2 rings (SSSR count). The van der Waals surface area contributed by atoms with Gasteiger partial charge in [0.25, 0.3) is 5.69 Å². The minimum absolute atomic E-state index is 0.0140. The van der Waals surface area contributed by atoms with Crippen LogP contribution in [0.4, 0.5) is 5.69 Å². The van der Waals surface area contributed by atoms with E-state index < -0.39 is 4.92 Å². The SMILES string of the molecule is Cc1ccc(/C=C/C(=O)NCc2cc([N+](=O)[O-])ccc2O)s1. The summed E-state index contributed by atoms with van der Waals surface area (Å²) in [6.07, 6.45) is 3.08. The van der Waals surface area contributed by atoms with Crippen LogP contribution in [0.2, 0.25) is 0 Å². The predicted molar refractivity (Wildman–Crippen MR) is 84.7 cm³/mol. The lowest BCUT2D eigenvalue weighted by Gasteiger charge is -2.05. The molecule has 2 aromatic rings. The van der Waals surface area contributed by atoms with Gasteiger partial charge in [-0.15, -0.1) is 11.3 Å². The molecule has 0 unspecified atom stereocenters. The first-order chi connectivity index (χ1) is 10.5. The number of hydrogen-bond donors (Lipinski definition) is 2. The lowest BCUT2D eigenvalue weighted by Crippen LogP contribution is -2.20. The maximum atomic E-state index is 11.7. The van der Waals surface area contributed by atoms with Crippen LogP contribution in [0.15, 0.2) is 36.4 Å². The van der Waals surface area contributed by atoms with Crippen LogP contribution in [0, 0.1) is 17.0 Å². The van der Waals surface area contributed by atoms with E-state index in [-0.39, 0.29) is 23.9 Å². The number of rotatable bonds is 5. The molecule has 0 saturated carbocycles. The highest BCUT2D eigenvalue weighted by Crippen LogP contribution is 2.22. The summed E-state index contributed by atoms with van der Waals surface area (Å²) < 4.78 is 0. The maximum Gasteiger partial charge on any atom is 0.270 e. The van der Waals surface area contributed by atoms with Crippen molar-refractivity contribution in [2.45, 2.75) is 13.5 Å². The van der Waals surface area contributed by atoms with E-state index in [1.807, 2.05) is 19.1 Å². The van der Waals surface area contributed by atoms with Gasteiger partial charge in [-0.3, -0.25) is 14.9 Å². The van der Waals surface area contributed by atoms with Gasteiger partial charge in [-0.1, -0.05) is 0 Å². The molecule has 0 saturated heterocycles. The van der Waals surface area contributed by atoms with Crippen molar-refractivity contribution in [2.24, 2.45) is 0 Å². The van der Waals surface area contributed by atoms with Crippen molar-refractivity contribution in [3.8, 4) is 5.75 Å². The van der Waals surface area contributed by atoms with Gasteiger partial charge in [0.15, 0.2) is 0 Å². The van der Waals surface area contributed by atoms with Gasteiger partial charge in [0, 0.05) is 40.1 Å². The van der Waals surface area contributed by atoms with Gasteiger partial charge < -0.3 is 10.4 Å². The minimum Gasteiger partial charge on any atom is -0.508 e. The topological polar surface area (TPSA) is 92.5 Å². The van der Waals surface area contributed by atoms with E-state index in [1.54, 1.807) is 17.4 Å². The molecule has 1 heterocycles. The van der Waals surface area contributed by atoms with Gasteiger partial charge in [0.1, 0.15) is 5.75 Å². The van der Waals surface area contributed by atoms with Crippen LogP contribution in [0.3, 0.4) is 0 Å². The zero-order valence-electron chi connectivity index (χ0n) is 11.8. The second-order valence-electron chi connectivity index (χ2n) is 4.57. The summed E-state index contributed by atoms with van der Waals surface area (Å²) in [5.41, 5.74) is 0.162. The number of hydrogen-bond acceptors (Lipinski definition) is 5. The average molecular weight is 318 g/mol. The molecule has 1 amide bonds. The summed E-state index contributed by atoms with van der Waals surface area (Å²) in [6, 6.07) is 7.56. The van der Waals surface area contributed by atoms with Crippen molar-refractivity contribution >= 4 is 29.0 Å². The van der Waals surface area contributed by atoms with Crippen molar-refractivity contribution in [2.75, 3.05) is 0 Å². The van der Waals surface area contributed by atoms with Crippen LogP contribution in [0.1, 0.15) is 15.3 Å². The Balaban J connectivity index is 1.97. The first-order valence-corrected chi connectivity index (χ1v) is 7.26. The molecule has 0 spiro atoms. The Hall–Kier alpha value is -2.67. The van der Waals surface area contributed by atoms with E-state index in [1.165, 1.54) is 24.3 Å². The standard InChI is InChI=1S/C15H14N2O4S/c1-10-2-4-13(22-10)5-7-15(19)16-9-11-8-12(17(20)21)3-6-14(11)18/h2-8,18H,9H2,1H3,(H,16,19)/b7-5+. The number of benzene rings is 1. The Kier molecular flexibility index (Phi) is 4.90. The molecule has 0 atom stereocenters. The van der Waals surface area contributed by atoms with Crippen LogP contribution < -0.4 is 5.32 Å². The number of nitrogens with one attached hydrogen (secondary N) is 1. The van der Waals surface area contributed by atoms with E-state index in [4.69, 9.17) is 0 Å². The van der Waals surface area contributed by atoms with Gasteiger partial charge in [-0.2, -0.15) is 0 Å². The number of carbonyl (C=O) groups is 1. The number of nitrogens with zero attached hydrogens (tertiary/aromatic N) is 1. The zero-order chi connectivity index (χ0) is 16.1. The summed E-state index contributed by atoms with van der Waals surface area (Å²) in [5.74, 6) is -0.430. The van der Waals surface area contributed by atoms with Gasteiger partial charge in [-0.05, 0) is 31.2 Å². The van der Waals surface area contributed by atoms with E-state index in [2.05, 4.69) is 5.32 Å². The van der Waals surface area contributed by atoms with E-state index in [0.29, 0.717) is 5.56 Å². The Labute approximate surface area is 130 Å². The van der Waals surface area contributed by atoms with Crippen molar-refractivity contribution in [1.29, 1.82) is 0 Å². The molecule has 22 heavy (non-hydrogen) atoms. The smallest absolute Gasteiger partial charge is 0.270 e. The van der Waals surface area contributed by atoms with Crippen molar-refractivity contribution in [3.63, 3.8) is 0 Å². The van der Waals surface area contributed by atoms with Crippen LogP contribution in [0.5, 0.6) is 5.75 Å². The first-order valence-electron chi connectivity index (χ1n) is 6.44. The summed E-state index contributed by atoms with van der Waals surface area (Å²) >= 11 is 1.57. The Morgan fingerprint density at radius 3 is 2.82 bits per heavy atom. The largest absolute Gasteiger partial charge is 0.508 e. The Morgan fingerprint density at radius 1 is 1.41 bits per heavy atom. The third-order valence-corrected chi connectivity index (χ3v) is 3.85. The number of nitro benzene ring substituents is 1. The van der Waals surface area contributed by atoms with Gasteiger partial charge >= 0.3 is 0 Å². The molecule has 1 aromatic carbocycles. The number of aromatic hydroxyl groups is 1. The Morgan fingerprint density at radius 2 is 2.18 bits per heavy atom. The lowest BCUT2D eigenvalue weighted by molar-refractivity contribution is -0.384. The van der Waals surface area contributed by atoms with Crippen LogP contribution in [-0.4, -0.2) is 15.9 Å². The Bertz CT molecular complexity index is 737. The number of non-ortho nitro benzene ring substituents is 1. The molecule has 1 aromatic heterocycles. The highest BCUT2D eigenvalue weighted by molar-refractivity contribution is 7.12. The number of aryl methyl sites for hydroxylation is 1. The zero-order valence-corrected chi connectivity index (χ0v) is 12.6. The number of phenolic OH excluding ortho intramolecular Hbond substituents is 1. The number of nitro groups is 1. The monoisotopic (exact) mass is 318 g/mol. The number of thiophene rings is 1. The number of carbonyl (C=O) groups excluding carboxylic acids is 1. The van der Waals surface area contributed by atoms with Crippen LogP contribution >= 0.6 is 11.3 Å². The fourth-order valence-electron chi connectivity index (χ4n) is 1.77. The minimum atomic E-state index is -0.552. The molecule has 7 heteroatoms. The molecule has 0 radical (unpaired) electrons. The predicted octanol–water partition coefficient (Wildman–Crippen LogP) is 3.00. The first kappa shape index (κ1) is 15.7. The molecule has 0 fully saturated rings. The quantitative estimate of drug-likeness (QED) is 0.503. The summed E-state index contributed by atoms with van der Waals surface area (Å²) in [4.78, 5) is 24.0. The van der Waals surface area contributed by atoms with Crippen LogP contribution in [0.25, 0.3) is 6.08 Å². The molecule has 0 bridgehead atoms. The molecular weight excluding hydrogens is 304 g/mol. The molecule has 0 aliphatic heterocycles. The summed E-state index contributed by atoms with van der Waals surface area (Å²) in [7, 11) is 0. The molecular formula is C15H14N2O4S. The van der Waals surface area contributed by atoms with Gasteiger partial charge in [-0.25, -0.2) is 0 Å². The van der Waals surface area contributed by atoms with Gasteiger partial charge in [0.2, 0.25) is 5.91 Å². The van der Waals surface area contributed by atoms with E-state index in [9.17, 15) is 20.0 Å². The number of phenols is 1. The van der Waals surface area contributed by atoms with Crippen molar-refractivity contribution in [1.82, 2.24) is 5.32 Å². The third-order valence-electron chi connectivity index (χ3n) is 2.89. The summed E-state index contributed by atoms with van der Waals surface area (Å²) in [5, 5.41) is 22.9. The lowest BCUT2D eigenvalue weighted by atomic mass is 10.1. The molecule has 6 nitrogen and oxygen atoms in total. The molecule has 2 N–H and O–H groups in total. The molecule has 0 aliphatic rings. The third kappa shape index (κ3) is 4.16. The molecule has 0 aliphatic carbocycles. The average Bonchev–Trinajstić information content (AvgIpc) is 2.89. The fourth-order valence-corrected chi connectivity index (χ4v) is 2.55. The molecule has 114 valence electrons. The summed E-state index contributed by atoms with van der Waals surface area (Å²) in [6.45, 7) is 1.99. The van der Waals surface area contributed by atoms with Crippen molar-refractivity contribution in [3.05, 3.63) is 61.8 Å². The van der Waals surface area contributed by atoms with E-state index in [0.717, 1.165) is 9.75 Å². The van der Waals surface area contributed by atoms with Crippen molar-refractivity contribution < 1.29 is 14.8 Å². The van der Waals surface area contributed by atoms with Crippen LogP contribution in [-0.2, 0) is 11.3 Å². The highest BCUT2D eigenvalue weighted by Gasteiger charge is 2.10. The maximum absolute atomic E-state index is 11.7. The highest BCUT2D eigenvalue weighted by atomic mass is 32.1. The second kappa shape index (κ2) is 6.86. The second-order valence-corrected chi connectivity index (χ2v) is 5.89. The number of amides is 1. The van der Waals surface area contributed by atoms with Gasteiger partial charge in [0.05, 0.1) is 4.92 Å². The normalized spacial score (nSPS) is 10.8.